The van der Waals surface area contributed by atoms with Crippen LogP contribution in [0.25, 0.3) is 0 Å². The number of alkyl halides is 3. The lowest BCUT2D eigenvalue weighted by Gasteiger charge is -2.26. The Labute approximate surface area is 185 Å². The topological polar surface area (TPSA) is 12.5 Å². The summed E-state index contributed by atoms with van der Waals surface area (Å²) < 4.78 is 47.5. The Morgan fingerprint density at radius 1 is 0.935 bits per heavy atom. The molecule has 1 aliphatic heterocycles. The van der Waals surface area contributed by atoms with Gasteiger partial charge in [-0.15, -0.1) is 0 Å². The van der Waals surface area contributed by atoms with E-state index >= 15 is 0 Å². The van der Waals surface area contributed by atoms with Crippen LogP contribution in [0.1, 0.15) is 34.8 Å². The van der Waals surface area contributed by atoms with E-state index in [-0.39, 0.29) is 11.7 Å². The van der Waals surface area contributed by atoms with Crippen molar-refractivity contribution in [1.82, 2.24) is 4.90 Å². The van der Waals surface area contributed by atoms with E-state index in [0.717, 1.165) is 25.6 Å². The number of hydrogen-bond donors (Lipinski definition) is 0. The van der Waals surface area contributed by atoms with Gasteiger partial charge in [-0.05, 0) is 41.3 Å². The lowest BCUT2D eigenvalue weighted by atomic mass is 9.96. The van der Waals surface area contributed by atoms with Crippen molar-refractivity contribution in [2.45, 2.75) is 31.3 Å². The van der Waals surface area contributed by atoms with E-state index in [4.69, 9.17) is 16.3 Å². The Balaban J connectivity index is 1.57. The first kappa shape index (κ1) is 21.9. The van der Waals surface area contributed by atoms with Crippen molar-refractivity contribution in [3.8, 4) is 0 Å². The van der Waals surface area contributed by atoms with Crippen molar-refractivity contribution in [3.63, 3.8) is 0 Å². The Kier molecular flexibility index (Phi) is 6.65. The van der Waals surface area contributed by atoms with E-state index in [1.807, 2.05) is 18.2 Å². The molecular formula is C25H23ClF3NO. The number of hydrogen-bond acceptors (Lipinski definition) is 2. The van der Waals surface area contributed by atoms with Crippen LogP contribution in [0.3, 0.4) is 0 Å². The zero-order valence-corrected chi connectivity index (χ0v) is 17.6. The van der Waals surface area contributed by atoms with Crippen molar-refractivity contribution in [3.05, 3.63) is 106 Å². The van der Waals surface area contributed by atoms with E-state index in [0.29, 0.717) is 17.1 Å². The molecule has 31 heavy (non-hydrogen) atoms. The zero-order valence-electron chi connectivity index (χ0n) is 16.9. The van der Waals surface area contributed by atoms with E-state index in [2.05, 4.69) is 17.0 Å². The summed E-state index contributed by atoms with van der Waals surface area (Å²) in [5, 5.41) is 0.529. The Morgan fingerprint density at radius 3 is 2.32 bits per heavy atom. The van der Waals surface area contributed by atoms with Crippen molar-refractivity contribution >= 4 is 11.6 Å². The van der Waals surface area contributed by atoms with Crippen LogP contribution >= 0.6 is 11.6 Å². The van der Waals surface area contributed by atoms with Crippen LogP contribution in [0.2, 0.25) is 5.02 Å². The SMILES string of the molecule is FC(F)(F)c1ccccc1C(OC1CCN(Cc2ccccc2)C1)c1ccc(Cl)cc1. The second kappa shape index (κ2) is 9.43. The predicted octanol–water partition coefficient (Wildman–Crippen LogP) is 6.74. The fourth-order valence-corrected chi connectivity index (χ4v) is 4.16. The van der Waals surface area contributed by atoms with Crippen LogP contribution in [0.4, 0.5) is 13.2 Å². The lowest BCUT2D eigenvalue weighted by Crippen LogP contribution is -2.25. The van der Waals surface area contributed by atoms with Crippen LogP contribution in [0, 0.1) is 0 Å². The fourth-order valence-electron chi connectivity index (χ4n) is 4.04. The van der Waals surface area contributed by atoms with Crippen LogP contribution in [-0.4, -0.2) is 24.1 Å². The highest BCUT2D eigenvalue weighted by Gasteiger charge is 2.37. The molecule has 3 aromatic carbocycles. The molecule has 4 rings (SSSR count). The molecule has 0 bridgehead atoms. The predicted molar refractivity (Wildman–Crippen MR) is 116 cm³/mol. The van der Waals surface area contributed by atoms with Gasteiger partial charge in [-0.3, -0.25) is 4.90 Å². The molecule has 162 valence electrons. The first-order chi connectivity index (χ1) is 14.9. The Bertz CT molecular complexity index is 992. The highest BCUT2D eigenvalue weighted by Crippen LogP contribution is 2.39. The van der Waals surface area contributed by atoms with Crippen molar-refractivity contribution in [1.29, 1.82) is 0 Å². The largest absolute Gasteiger partial charge is 0.416 e. The van der Waals surface area contributed by atoms with Gasteiger partial charge in [0, 0.05) is 24.7 Å². The van der Waals surface area contributed by atoms with Crippen LogP contribution in [0.5, 0.6) is 0 Å². The average molecular weight is 446 g/mol. The van der Waals surface area contributed by atoms with Crippen LogP contribution in [0.15, 0.2) is 78.9 Å². The van der Waals surface area contributed by atoms with E-state index < -0.39 is 17.8 Å². The normalized spacial score (nSPS) is 18.3. The van der Waals surface area contributed by atoms with Gasteiger partial charge < -0.3 is 4.74 Å². The van der Waals surface area contributed by atoms with Crippen LogP contribution in [-0.2, 0) is 17.5 Å². The molecule has 1 fully saturated rings. The highest BCUT2D eigenvalue weighted by atomic mass is 35.5. The molecule has 1 saturated heterocycles. The molecule has 3 aromatic rings. The second-order valence-electron chi connectivity index (χ2n) is 7.78. The van der Waals surface area contributed by atoms with Gasteiger partial charge in [0.2, 0.25) is 0 Å². The van der Waals surface area contributed by atoms with Crippen molar-refractivity contribution < 1.29 is 17.9 Å². The molecule has 0 amide bonds. The van der Waals surface area contributed by atoms with Gasteiger partial charge in [0.25, 0.3) is 0 Å². The molecule has 1 heterocycles. The molecule has 0 aliphatic carbocycles. The number of rotatable bonds is 6. The van der Waals surface area contributed by atoms with Gasteiger partial charge in [-0.2, -0.15) is 13.2 Å². The van der Waals surface area contributed by atoms with E-state index in [1.165, 1.54) is 17.7 Å². The van der Waals surface area contributed by atoms with Crippen molar-refractivity contribution in [2.24, 2.45) is 0 Å². The fraction of sp³-hybridized carbons (Fsp3) is 0.280. The van der Waals surface area contributed by atoms with Gasteiger partial charge in [0.05, 0.1) is 11.7 Å². The summed E-state index contributed by atoms with van der Waals surface area (Å²) in [6.45, 7) is 2.31. The molecule has 1 aliphatic rings. The number of benzene rings is 3. The van der Waals surface area contributed by atoms with Gasteiger partial charge >= 0.3 is 6.18 Å². The smallest absolute Gasteiger partial charge is 0.364 e. The van der Waals surface area contributed by atoms with Crippen molar-refractivity contribution in [2.75, 3.05) is 13.1 Å². The number of ether oxygens (including phenoxy) is 1. The molecule has 0 N–H and O–H groups in total. The average Bonchev–Trinajstić information content (AvgIpc) is 3.20. The molecule has 0 spiro atoms. The minimum absolute atomic E-state index is 0.124. The number of likely N-dealkylation sites (tertiary alicyclic amines) is 1. The summed E-state index contributed by atoms with van der Waals surface area (Å²) in [5.74, 6) is 0. The zero-order chi connectivity index (χ0) is 21.8. The first-order valence-corrected chi connectivity index (χ1v) is 10.6. The quantitative estimate of drug-likeness (QED) is 0.416. The Morgan fingerprint density at radius 2 is 1.61 bits per heavy atom. The molecule has 0 saturated carbocycles. The van der Waals surface area contributed by atoms with Crippen LogP contribution < -0.4 is 0 Å². The molecule has 0 aromatic heterocycles. The lowest BCUT2D eigenvalue weighted by molar-refractivity contribution is -0.139. The first-order valence-electron chi connectivity index (χ1n) is 10.2. The molecule has 2 atom stereocenters. The molecule has 0 radical (unpaired) electrons. The summed E-state index contributed by atoms with van der Waals surface area (Å²) in [5.41, 5.74) is 1.32. The summed E-state index contributed by atoms with van der Waals surface area (Å²) in [4.78, 5) is 2.27. The summed E-state index contributed by atoms with van der Waals surface area (Å²) >= 11 is 6.01. The maximum Gasteiger partial charge on any atom is 0.416 e. The number of nitrogens with zero attached hydrogens (tertiary/aromatic N) is 1. The third-order valence-corrected chi connectivity index (χ3v) is 5.78. The maximum absolute atomic E-state index is 13.7. The minimum atomic E-state index is -4.46. The second-order valence-corrected chi connectivity index (χ2v) is 8.22. The minimum Gasteiger partial charge on any atom is -0.364 e. The molecule has 6 heteroatoms. The third-order valence-electron chi connectivity index (χ3n) is 5.53. The summed E-state index contributed by atoms with van der Waals surface area (Å²) in [6, 6.07) is 22.6. The highest BCUT2D eigenvalue weighted by molar-refractivity contribution is 6.30. The summed E-state index contributed by atoms with van der Waals surface area (Å²) in [7, 11) is 0. The standard InChI is InChI=1S/C25H23ClF3NO/c26-20-12-10-19(11-13-20)24(22-8-4-5-9-23(22)25(27,28)29)31-21-14-15-30(17-21)16-18-6-2-1-3-7-18/h1-13,21,24H,14-17H2. The van der Waals surface area contributed by atoms with Gasteiger partial charge in [-0.1, -0.05) is 72.3 Å². The molecule has 2 nitrogen and oxygen atoms in total. The van der Waals surface area contributed by atoms with E-state index in [1.54, 1.807) is 30.3 Å². The molecule has 2 unspecified atom stereocenters. The monoisotopic (exact) mass is 445 g/mol. The van der Waals surface area contributed by atoms with Gasteiger partial charge in [0.1, 0.15) is 6.10 Å². The summed E-state index contributed by atoms with van der Waals surface area (Å²) in [6.07, 6.45) is -4.67. The molecular weight excluding hydrogens is 423 g/mol. The van der Waals surface area contributed by atoms with Gasteiger partial charge in [0.15, 0.2) is 0 Å². The maximum atomic E-state index is 13.7. The number of halogens is 4. The van der Waals surface area contributed by atoms with Gasteiger partial charge in [-0.25, -0.2) is 0 Å². The van der Waals surface area contributed by atoms with E-state index in [9.17, 15) is 13.2 Å². The Hall–Kier alpha value is -2.34. The third kappa shape index (κ3) is 5.48.